The van der Waals surface area contributed by atoms with Crippen molar-refractivity contribution in [2.45, 2.75) is 59.2 Å². The third-order valence-corrected chi connectivity index (χ3v) is 4.67. The third kappa shape index (κ3) is 7.11. The van der Waals surface area contributed by atoms with Crippen LogP contribution in [0.4, 0.5) is 10.5 Å². The molecule has 1 atom stereocenters. The Morgan fingerprint density at radius 3 is 2.12 bits per heavy atom. The van der Waals surface area contributed by atoms with E-state index in [9.17, 15) is 14.4 Å². The zero-order chi connectivity index (χ0) is 23.9. The number of carbonyl (C=O) groups excluding carboxylic acids is 3. The zero-order valence-corrected chi connectivity index (χ0v) is 19.6. The van der Waals surface area contributed by atoms with Gasteiger partial charge in [0.2, 0.25) is 5.91 Å². The first-order valence-corrected chi connectivity index (χ1v) is 10.7. The second kappa shape index (κ2) is 10.8. The molecular formula is C25H33N3O4. The Kier molecular flexibility index (Phi) is 8.41. The van der Waals surface area contributed by atoms with Gasteiger partial charge < -0.3 is 20.3 Å². The van der Waals surface area contributed by atoms with E-state index in [0.29, 0.717) is 11.3 Å². The van der Waals surface area contributed by atoms with Crippen LogP contribution >= 0.6 is 0 Å². The number of ether oxygens (including phenoxy) is 1. The van der Waals surface area contributed by atoms with Crippen molar-refractivity contribution in [3.63, 3.8) is 0 Å². The van der Waals surface area contributed by atoms with Gasteiger partial charge in [0.05, 0.1) is 0 Å². The van der Waals surface area contributed by atoms with Crippen LogP contribution in [0.3, 0.4) is 0 Å². The molecule has 0 saturated carbocycles. The molecule has 2 aromatic rings. The predicted octanol–water partition coefficient (Wildman–Crippen LogP) is 4.44. The number of rotatable bonds is 7. The topological polar surface area (TPSA) is 87.7 Å². The molecule has 3 amide bonds. The van der Waals surface area contributed by atoms with Crippen LogP contribution in [0.5, 0.6) is 0 Å². The molecule has 0 bridgehead atoms. The van der Waals surface area contributed by atoms with Crippen LogP contribution < -0.4 is 10.6 Å². The van der Waals surface area contributed by atoms with Crippen molar-refractivity contribution in [3.05, 3.63) is 65.7 Å². The lowest BCUT2D eigenvalue weighted by Crippen LogP contribution is -2.49. The maximum Gasteiger partial charge on any atom is 0.408 e. The van der Waals surface area contributed by atoms with Crippen molar-refractivity contribution < 1.29 is 19.1 Å². The minimum atomic E-state index is -0.872. The number of anilines is 1. The van der Waals surface area contributed by atoms with Crippen LogP contribution in [0.25, 0.3) is 0 Å². The zero-order valence-electron chi connectivity index (χ0n) is 19.6. The van der Waals surface area contributed by atoms with Gasteiger partial charge in [-0.1, -0.05) is 48.5 Å². The van der Waals surface area contributed by atoms with Gasteiger partial charge in [0.15, 0.2) is 0 Å². The van der Waals surface area contributed by atoms with Gasteiger partial charge in [-0.2, -0.15) is 0 Å². The Balaban J connectivity index is 2.30. The van der Waals surface area contributed by atoms with E-state index in [1.54, 1.807) is 20.8 Å². The highest BCUT2D eigenvalue weighted by atomic mass is 16.6. The van der Waals surface area contributed by atoms with Crippen molar-refractivity contribution in [1.29, 1.82) is 0 Å². The highest BCUT2D eigenvalue weighted by molar-refractivity contribution is 5.99. The molecule has 172 valence electrons. The minimum absolute atomic E-state index is 0.284. The smallest absolute Gasteiger partial charge is 0.408 e. The van der Waals surface area contributed by atoms with Crippen molar-refractivity contribution in [3.8, 4) is 0 Å². The maximum atomic E-state index is 13.4. The van der Waals surface area contributed by atoms with Gasteiger partial charge >= 0.3 is 6.09 Å². The standard InChI is InChI=1S/C25H33N3O4/c1-17(2)28(21(29)16-26-24(31)32-25(4,5)6)22(19-13-8-7-9-14-19)23(30)27-20-15-11-10-12-18(20)3/h7-15,17,22H,16H2,1-6H3,(H,26,31)(H,27,30). The number of hydrogen-bond donors (Lipinski definition) is 2. The Labute approximate surface area is 190 Å². The van der Waals surface area contributed by atoms with Gasteiger partial charge in [0.1, 0.15) is 18.2 Å². The molecule has 0 aromatic heterocycles. The van der Waals surface area contributed by atoms with E-state index in [1.807, 2.05) is 75.4 Å². The van der Waals surface area contributed by atoms with Gasteiger partial charge in [-0.05, 0) is 58.7 Å². The summed E-state index contributed by atoms with van der Waals surface area (Å²) in [5.41, 5.74) is 1.60. The fourth-order valence-corrected chi connectivity index (χ4v) is 3.27. The van der Waals surface area contributed by atoms with E-state index in [1.165, 1.54) is 4.90 Å². The van der Waals surface area contributed by atoms with Crippen LogP contribution in [0.15, 0.2) is 54.6 Å². The number of alkyl carbamates (subject to hydrolysis) is 1. The molecule has 1 unspecified atom stereocenters. The lowest BCUT2D eigenvalue weighted by Gasteiger charge is -2.35. The molecule has 0 heterocycles. The summed E-state index contributed by atoms with van der Waals surface area (Å²) in [5, 5.41) is 5.44. The maximum absolute atomic E-state index is 13.4. The first kappa shape index (κ1) is 24.9. The van der Waals surface area contributed by atoms with E-state index >= 15 is 0 Å². The average molecular weight is 440 g/mol. The highest BCUT2D eigenvalue weighted by Crippen LogP contribution is 2.26. The predicted molar refractivity (Wildman–Crippen MR) is 125 cm³/mol. The van der Waals surface area contributed by atoms with E-state index in [0.717, 1.165) is 5.56 Å². The Morgan fingerprint density at radius 1 is 0.969 bits per heavy atom. The molecule has 2 aromatic carbocycles. The molecule has 0 fully saturated rings. The lowest BCUT2D eigenvalue weighted by molar-refractivity contribution is -0.140. The summed E-state index contributed by atoms with van der Waals surface area (Å²) >= 11 is 0. The molecule has 0 spiro atoms. The fourth-order valence-electron chi connectivity index (χ4n) is 3.27. The van der Waals surface area contributed by atoms with E-state index in [4.69, 9.17) is 4.74 Å². The van der Waals surface area contributed by atoms with Crippen molar-refractivity contribution >= 4 is 23.6 Å². The van der Waals surface area contributed by atoms with Gasteiger partial charge in [0, 0.05) is 11.7 Å². The number of nitrogens with zero attached hydrogens (tertiary/aromatic N) is 1. The SMILES string of the molecule is Cc1ccccc1NC(=O)C(c1ccccc1)N(C(=O)CNC(=O)OC(C)(C)C)C(C)C. The minimum Gasteiger partial charge on any atom is -0.444 e. The lowest BCUT2D eigenvalue weighted by atomic mass is 10.0. The number of carbonyl (C=O) groups is 3. The summed E-state index contributed by atoms with van der Waals surface area (Å²) in [7, 11) is 0. The summed E-state index contributed by atoms with van der Waals surface area (Å²) in [6, 6.07) is 15.4. The first-order valence-electron chi connectivity index (χ1n) is 10.7. The molecule has 2 rings (SSSR count). The molecule has 0 aliphatic carbocycles. The largest absolute Gasteiger partial charge is 0.444 e. The van der Waals surface area contributed by atoms with Crippen molar-refractivity contribution in [2.75, 3.05) is 11.9 Å². The molecule has 2 N–H and O–H groups in total. The van der Waals surface area contributed by atoms with Gasteiger partial charge in [0.25, 0.3) is 5.91 Å². The summed E-state index contributed by atoms with van der Waals surface area (Å²) in [4.78, 5) is 40.1. The van der Waals surface area contributed by atoms with E-state index in [2.05, 4.69) is 10.6 Å². The van der Waals surface area contributed by atoms with E-state index < -0.39 is 17.7 Å². The Bertz CT molecular complexity index is 936. The number of benzene rings is 2. The van der Waals surface area contributed by atoms with Crippen LogP contribution in [-0.2, 0) is 14.3 Å². The second-order valence-corrected chi connectivity index (χ2v) is 8.87. The monoisotopic (exact) mass is 439 g/mol. The molecule has 0 aliphatic heterocycles. The quantitative estimate of drug-likeness (QED) is 0.668. The molecular weight excluding hydrogens is 406 g/mol. The van der Waals surface area contributed by atoms with Gasteiger partial charge in [-0.3, -0.25) is 9.59 Å². The number of hydrogen-bond acceptors (Lipinski definition) is 4. The molecule has 0 radical (unpaired) electrons. The Hall–Kier alpha value is -3.35. The van der Waals surface area contributed by atoms with Gasteiger partial charge in [-0.15, -0.1) is 0 Å². The van der Waals surface area contributed by atoms with Gasteiger partial charge in [-0.25, -0.2) is 4.79 Å². The summed E-state index contributed by atoms with van der Waals surface area (Å²) in [6.45, 7) is 10.5. The highest BCUT2D eigenvalue weighted by Gasteiger charge is 2.33. The van der Waals surface area contributed by atoms with Crippen molar-refractivity contribution in [1.82, 2.24) is 10.2 Å². The van der Waals surface area contributed by atoms with E-state index in [-0.39, 0.29) is 24.4 Å². The Morgan fingerprint density at radius 2 is 1.56 bits per heavy atom. The molecule has 32 heavy (non-hydrogen) atoms. The van der Waals surface area contributed by atoms with Crippen LogP contribution in [-0.4, -0.2) is 41.0 Å². The number of nitrogens with one attached hydrogen (secondary N) is 2. The molecule has 7 heteroatoms. The first-order chi connectivity index (χ1) is 15.0. The van der Waals surface area contributed by atoms with Crippen LogP contribution in [0.1, 0.15) is 51.8 Å². The number of para-hydroxylation sites is 1. The normalized spacial score (nSPS) is 12.1. The summed E-state index contributed by atoms with van der Waals surface area (Å²) in [6.07, 6.45) is -0.685. The summed E-state index contributed by atoms with van der Waals surface area (Å²) < 4.78 is 5.21. The second-order valence-electron chi connectivity index (χ2n) is 8.87. The third-order valence-electron chi connectivity index (χ3n) is 4.67. The molecule has 0 aliphatic rings. The fraction of sp³-hybridized carbons (Fsp3) is 0.400. The van der Waals surface area contributed by atoms with Crippen molar-refractivity contribution in [2.24, 2.45) is 0 Å². The number of amides is 3. The number of aryl methyl sites for hydroxylation is 1. The average Bonchev–Trinajstić information content (AvgIpc) is 2.71. The summed E-state index contributed by atoms with van der Waals surface area (Å²) in [5.74, 6) is -0.718. The van der Waals surface area contributed by atoms with Crippen LogP contribution in [0, 0.1) is 6.92 Å². The molecule has 0 saturated heterocycles. The molecule has 7 nitrogen and oxygen atoms in total. The van der Waals surface area contributed by atoms with Crippen LogP contribution in [0.2, 0.25) is 0 Å².